The quantitative estimate of drug-likeness (QED) is 0.634. The fourth-order valence-corrected chi connectivity index (χ4v) is 2.58. The van der Waals surface area contributed by atoms with Crippen molar-refractivity contribution in [3.63, 3.8) is 0 Å². The Labute approximate surface area is 153 Å². The molecule has 2 amide bonds. The van der Waals surface area contributed by atoms with Crippen LogP contribution in [0, 0.1) is 5.92 Å². The Hall–Kier alpha value is -2.86. The Balaban J connectivity index is 2.05. The van der Waals surface area contributed by atoms with Crippen molar-refractivity contribution in [2.75, 3.05) is 0 Å². The summed E-state index contributed by atoms with van der Waals surface area (Å²) in [6.45, 7) is 4.10. The van der Waals surface area contributed by atoms with E-state index in [1.165, 1.54) is 0 Å². The molecule has 4 N–H and O–H groups in total. The number of benzene rings is 2. The Kier molecular flexibility index (Phi) is 6.74. The molecule has 2 rings (SSSR count). The standard InChI is InChI=1S/C20H25N3O3/c1-15(2)20(18(21)24,22-13-16-9-5-3-6-10-16)23-19(25)26-14-17-11-7-4-8-12-17/h3-12,15,22H,13-14H2,1-2H3,(H2,21,24)(H,23,25)/t20-/m0/s1. The highest BCUT2D eigenvalue weighted by Gasteiger charge is 2.41. The van der Waals surface area contributed by atoms with Gasteiger partial charge in [-0.15, -0.1) is 0 Å². The molecule has 0 bridgehead atoms. The van der Waals surface area contributed by atoms with Crippen molar-refractivity contribution in [1.29, 1.82) is 0 Å². The van der Waals surface area contributed by atoms with Crippen molar-refractivity contribution in [2.24, 2.45) is 11.7 Å². The lowest BCUT2D eigenvalue weighted by molar-refractivity contribution is -0.127. The first-order chi connectivity index (χ1) is 12.4. The van der Waals surface area contributed by atoms with Crippen LogP contribution in [-0.2, 0) is 22.7 Å². The van der Waals surface area contributed by atoms with Crippen molar-refractivity contribution in [3.8, 4) is 0 Å². The molecule has 0 unspecified atom stereocenters. The van der Waals surface area contributed by atoms with E-state index in [-0.39, 0.29) is 12.5 Å². The molecule has 0 aliphatic rings. The fourth-order valence-electron chi connectivity index (χ4n) is 2.58. The first kappa shape index (κ1) is 19.5. The monoisotopic (exact) mass is 355 g/mol. The third-order valence-electron chi connectivity index (χ3n) is 4.18. The molecule has 0 aromatic heterocycles. The predicted octanol–water partition coefficient (Wildman–Crippen LogP) is 2.54. The smallest absolute Gasteiger partial charge is 0.409 e. The largest absolute Gasteiger partial charge is 0.445 e. The minimum Gasteiger partial charge on any atom is -0.445 e. The summed E-state index contributed by atoms with van der Waals surface area (Å²) in [4.78, 5) is 24.5. The van der Waals surface area contributed by atoms with Crippen LogP contribution >= 0.6 is 0 Å². The molecule has 2 aromatic rings. The average Bonchev–Trinajstić information content (AvgIpc) is 2.64. The van der Waals surface area contributed by atoms with Gasteiger partial charge in [-0.05, 0) is 17.0 Å². The second kappa shape index (κ2) is 9.01. The van der Waals surface area contributed by atoms with E-state index < -0.39 is 17.7 Å². The van der Waals surface area contributed by atoms with Gasteiger partial charge in [0.2, 0.25) is 0 Å². The molecule has 0 saturated carbocycles. The maximum absolute atomic E-state index is 12.3. The van der Waals surface area contributed by atoms with E-state index in [2.05, 4.69) is 10.6 Å². The Morgan fingerprint density at radius 3 is 2.04 bits per heavy atom. The summed E-state index contributed by atoms with van der Waals surface area (Å²) < 4.78 is 5.24. The van der Waals surface area contributed by atoms with Crippen LogP contribution in [0.3, 0.4) is 0 Å². The lowest BCUT2D eigenvalue weighted by Crippen LogP contribution is -2.69. The highest BCUT2D eigenvalue weighted by molar-refractivity contribution is 5.88. The van der Waals surface area contributed by atoms with Gasteiger partial charge in [-0.1, -0.05) is 74.5 Å². The van der Waals surface area contributed by atoms with Crippen LogP contribution in [-0.4, -0.2) is 17.7 Å². The molecule has 6 nitrogen and oxygen atoms in total. The van der Waals surface area contributed by atoms with Gasteiger partial charge in [-0.2, -0.15) is 0 Å². The summed E-state index contributed by atoms with van der Waals surface area (Å²) in [6.07, 6.45) is -0.707. The van der Waals surface area contributed by atoms with E-state index in [1.54, 1.807) is 13.8 Å². The second-order valence-corrected chi connectivity index (χ2v) is 6.35. The maximum atomic E-state index is 12.3. The van der Waals surface area contributed by atoms with Gasteiger partial charge in [0.15, 0.2) is 5.66 Å². The zero-order valence-corrected chi connectivity index (χ0v) is 15.1. The molecule has 0 radical (unpaired) electrons. The predicted molar refractivity (Wildman–Crippen MR) is 99.8 cm³/mol. The molecular formula is C20H25N3O3. The molecule has 2 aromatic carbocycles. The fraction of sp³-hybridized carbons (Fsp3) is 0.300. The molecule has 1 atom stereocenters. The van der Waals surface area contributed by atoms with E-state index >= 15 is 0 Å². The van der Waals surface area contributed by atoms with Gasteiger partial charge in [0.25, 0.3) is 5.91 Å². The van der Waals surface area contributed by atoms with Crippen LogP contribution in [0.1, 0.15) is 25.0 Å². The summed E-state index contributed by atoms with van der Waals surface area (Å²) in [5.74, 6) is -0.951. The Bertz CT molecular complexity index is 720. The SMILES string of the molecule is CC(C)[C@](NCc1ccccc1)(NC(=O)OCc1ccccc1)C(N)=O. The lowest BCUT2D eigenvalue weighted by atomic mass is 9.94. The molecule has 6 heteroatoms. The van der Waals surface area contributed by atoms with E-state index in [4.69, 9.17) is 10.5 Å². The average molecular weight is 355 g/mol. The van der Waals surface area contributed by atoms with Crippen molar-refractivity contribution < 1.29 is 14.3 Å². The molecule has 0 spiro atoms. The summed E-state index contributed by atoms with van der Waals surface area (Å²) in [5, 5.41) is 5.71. The summed E-state index contributed by atoms with van der Waals surface area (Å²) in [5.41, 5.74) is 6.03. The van der Waals surface area contributed by atoms with E-state index in [1.807, 2.05) is 60.7 Å². The zero-order chi connectivity index (χ0) is 19.0. The van der Waals surface area contributed by atoms with Gasteiger partial charge >= 0.3 is 6.09 Å². The summed E-state index contributed by atoms with van der Waals surface area (Å²) in [6, 6.07) is 18.9. The molecule has 0 aliphatic heterocycles. The zero-order valence-electron chi connectivity index (χ0n) is 15.1. The number of alkyl carbamates (subject to hydrolysis) is 1. The van der Waals surface area contributed by atoms with Crippen LogP contribution in [0.15, 0.2) is 60.7 Å². The van der Waals surface area contributed by atoms with Gasteiger partial charge in [0.05, 0.1) is 0 Å². The van der Waals surface area contributed by atoms with Crippen molar-refractivity contribution >= 4 is 12.0 Å². The first-order valence-electron chi connectivity index (χ1n) is 8.52. The number of carbonyl (C=O) groups excluding carboxylic acids is 2. The highest BCUT2D eigenvalue weighted by atomic mass is 16.5. The Morgan fingerprint density at radius 2 is 1.54 bits per heavy atom. The van der Waals surface area contributed by atoms with E-state index in [0.717, 1.165) is 11.1 Å². The first-order valence-corrected chi connectivity index (χ1v) is 8.52. The summed E-state index contributed by atoms with van der Waals surface area (Å²) in [7, 11) is 0. The van der Waals surface area contributed by atoms with Gasteiger partial charge in [-0.3, -0.25) is 15.4 Å². The number of nitrogens with two attached hydrogens (primary N) is 1. The summed E-state index contributed by atoms with van der Waals surface area (Å²) >= 11 is 0. The van der Waals surface area contributed by atoms with E-state index in [9.17, 15) is 9.59 Å². The van der Waals surface area contributed by atoms with Gasteiger partial charge in [0.1, 0.15) is 6.61 Å². The topological polar surface area (TPSA) is 93.4 Å². The Morgan fingerprint density at radius 1 is 1.00 bits per heavy atom. The lowest BCUT2D eigenvalue weighted by Gasteiger charge is -2.36. The van der Waals surface area contributed by atoms with Gasteiger partial charge < -0.3 is 10.5 Å². The van der Waals surface area contributed by atoms with Crippen LogP contribution in [0.4, 0.5) is 4.79 Å². The van der Waals surface area contributed by atoms with E-state index in [0.29, 0.717) is 6.54 Å². The molecule has 138 valence electrons. The normalized spacial score (nSPS) is 13.0. The maximum Gasteiger partial charge on any atom is 0.409 e. The van der Waals surface area contributed by atoms with Crippen LogP contribution in [0.25, 0.3) is 0 Å². The third-order valence-corrected chi connectivity index (χ3v) is 4.18. The van der Waals surface area contributed by atoms with Crippen LogP contribution in [0.5, 0.6) is 0 Å². The number of rotatable bonds is 8. The molecule has 26 heavy (non-hydrogen) atoms. The number of hydrogen-bond acceptors (Lipinski definition) is 4. The van der Waals surface area contributed by atoms with Gasteiger partial charge in [-0.25, -0.2) is 4.79 Å². The second-order valence-electron chi connectivity index (χ2n) is 6.35. The molecule has 0 fully saturated rings. The minimum absolute atomic E-state index is 0.109. The number of primary amides is 1. The number of amides is 2. The molecule has 0 heterocycles. The molecule has 0 aliphatic carbocycles. The highest BCUT2D eigenvalue weighted by Crippen LogP contribution is 2.16. The van der Waals surface area contributed by atoms with Crippen LogP contribution in [0.2, 0.25) is 0 Å². The number of hydrogen-bond donors (Lipinski definition) is 3. The van der Waals surface area contributed by atoms with Gasteiger partial charge in [0, 0.05) is 6.54 Å². The molecule has 0 saturated heterocycles. The molecular weight excluding hydrogens is 330 g/mol. The van der Waals surface area contributed by atoms with Crippen molar-refractivity contribution in [2.45, 2.75) is 32.7 Å². The number of carbonyl (C=O) groups is 2. The third kappa shape index (κ3) is 5.07. The van der Waals surface area contributed by atoms with Crippen molar-refractivity contribution in [1.82, 2.24) is 10.6 Å². The number of nitrogens with one attached hydrogen (secondary N) is 2. The van der Waals surface area contributed by atoms with Crippen molar-refractivity contribution in [3.05, 3.63) is 71.8 Å². The minimum atomic E-state index is -1.41. The van der Waals surface area contributed by atoms with Crippen LogP contribution < -0.4 is 16.4 Å². The number of ether oxygens (including phenoxy) is 1.